The fourth-order valence-corrected chi connectivity index (χ4v) is 2.93. The molecule has 0 atom stereocenters. The zero-order valence-corrected chi connectivity index (χ0v) is 16.6. The Bertz CT molecular complexity index is 937. The van der Waals surface area contributed by atoms with Gasteiger partial charge in [-0.3, -0.25) is 4.79 Å². The molecule has 30 heavy (non-hydrogen) atoms. The van der Waals surface area contributed by atoms with Crippen molar-refractivity contribution in [1.29, 1.82) is 0 Å². The topological polar surface area (TPSA) is 60.7 Å². The van der Waals surface area contributed by atoms with Crippen LogP contribution in [-0.2, 0) is 17.6 Å². The van der Waals surface area contributed by atoms with Gasteiger partial charge < -0.3 is 19.2 Å². The summed E-state index contributed by atoms with van der Waals surface area (Å²) < 4.78 is 39.6. The summed E-state index contributed by atoms with van der Waals surface area (Å²) in [5.74, 6) is 2.30. The lowest BCUT2D eigenvalue weighted by atomic mass is 10.1. The van der Waals surface area contributed by atoms with Gasteiger partial charge in [0.1, 0.15) is 23.0 Å². The van der Waals surface area contributed by atoms with E-state index in [0.717, 1.165) is 28.4 Å². The number of aryl methyl sites for hydroxylation is 1. The number of hydrogen-bond donors (Lipinski definition) is 1. The van der Waals surface area contributed by atoms with E-state index in [4.69, 9.17) is 9.15 Å². The summed E-state index contributed by atoms with van der Waals surface area (Å²) in [7, 11) is 1.62. The Kier molecular flexibility index (Phi) is 7.43. The van der Waals surface area contributed by atoms with E-state index in [2.05, 4.69) is 10.1 Å². The first-order valence-electron chi connectivity index (χ1n) is 9.57. The number of hydrogen-bond acceptors (Lipinski definition) is 4. The lowest BCUT2D eigenvalue weighted by Gasteiger charge is -2.07. The Labute approximate surface area is 173 Å². The number of halogens is 2. The largest absolute Gasteiger partial charge is 0.497 e. The molecule has 0 bridgehead atoms. The maximum Gasteiger partial charge on any atom is 0.387 e. The molecule has 0 aliphatic heterocycles. The molecule has 0 saturated carbocycles. The zero-order chi connectivity index (χ0) is 21.3. The van der Waals surface area contributed by atoms with Crippen molar-refractivity contribution in [2.24, 2.45) is 0 Å². The van der Waals surface area contributed by atoms with Crippen LogP contribution in [0.3, 0.4) is 0 Å². The molecule has 1 N–H and O–H groups in total. The second-order valence-corrected chi connectivity index (χ2v) is 6.62. The molecule has 0 spiro atoms. The SMILES string of the molecule is COc1ccc(-c2ccc(CCC(=O)NCCc3ccc(OC(F)F)cc3)o2)cc1. The smallest absolute Gasteiger partial charge is 0.387 e. The summed E-state index contributed by atoms with van der Waals surface area (Å²) in [4.78, 5) is 12.1. The molecule has 5 nitrogen and oxygen atoms in total. The van der Waals surface area contributed by atoms with E-state index < -0.39 is 6.61 Å². The van der Waals surface area contributed by atoms with Crippen LogP contribution in [0.25, 0.3) is 11.3 Å². The van der Waals surface area contributed by atoms with Crippen molar-refractivity contribution in [3.05, 3.63) is 72.0 Å². The highest BCUT2D eigenvalue weighted by Crippen LogP contribution is 2.25. The number of methoxy groups -OCH3 is 1. The predicted octanol–water partition coefficient (Wildman–Crippen LogP) is 4.85. The van der Waals surface area contributed by atoms with Gasteiger partial charge in [-0.05, 0) is 60.5 Å². The summed E-state index contributed by atoms with van der Waals surface area (Å²) in [6.45, 7) is -2.38. The Morgan fingerprint density at radius 3 is 2.33 bits per heavy atom. The van der Waals surface area contributed by atoms with Gasteiger partial charge in [-0.1, -0.05) is 12.1 Å². The van der Waals surface area contributed by atoms with Gasteiger partial charge in [0.15, 0.2) is 0 Å². The molecule has 0 fully saturated rings. The van der Waals surface area contributed by atoms with Gasteiger partial charge in [-0.25, -0.2) is 0 Å². The number of furan rings is 1. The number of benzene rings is 2. The fourth-order valence-electron chi connectivity index (χ4n) is 2.93. The molecule has 3 aromatic rings. The number of rotatable bonds is 10. The molecule has 2 aromatic carbocycles. The average molecular weight is 415 g/mol. The van der Waals surface area contributed by atoms with E-state index >= 15 is 0 Å². The third-order valence-electron chi connectivity index (χ3n) is 4.52. The molecular weight excluding hydrogens is 392 g/mol. The number of nitrogens with one attached hydrogen (secondary N) is 1. The van der Waals surface area contributed by atoms with Crippen LogP contribution in [0.15, 0.2) is 65.1 Å². The van der Waals surface area contributed by atoms with Gasteiger partial charge in [-0.15, -0.1) is 0 Å². The molecule has 1 amide bonds. The van der Waals surface area contributed by atoms with Crippen molar-refractivity contribution < 1.29 is 27.5 Å². The van der Waals surface area contributed by atoms with Gasteiger partial charge in [0.2, 0.25) is 5.91 Å². The van der Waals surface area contributed by atoms with Crippen molar-refractivity contribution in [2.45, 2.75) is 25.9 Å². The van der Waals surface area contributed by atoms with Gasteiger partial charge in [-0.2, -0.15) is 8.78 Å². The monoisotopic (exact) mass is 415 g/mol. The molecule has 158 valence electrons. The summed E-state index contributed by atoms with van der Waals surface area (Å²) in [6.07, 6.45) is 1.42. The molecular formula is C23H23F2NO4. The lowest BCUT2D eigenvalue weighted by molar-refractivity contribution is -0.121. The van der Waals surface area contributed by atoms with Gasteiger partial charge in [0.25, 0.3) is 0 Å². The maximum absolute atomic E-state index is 12.1. The minimum absolute atomic E-state index is 0.0740. The third-order valence-corrected chi connectivity index (χ3v) is 4.52. The Balaban J connectivity index is 1.40. The van der Waals surface area contributed by atoms with Crippen LogP contribution in [0, 0.1) is 0 Å². The first kappa shape index (κ1) is 21.4. The third kappa shape index (κ3) is 6.34. The summed E-state index contributed by atoms with van der Waals surface area (Å²) in [5.41, 5.74) is 1.86. The standard InChI is InChI=1S/C23H23F2NO4/c1-28-18-8-4-17(5-9-18)21-12-10-19(29-21)11-13-22(27)26-15-14-16-2-6-20(7-3-16)30-23(24)25/h2-10,12,23H,11,13-15H2,1H3,(H,26,27). The number of carbonyl (C=O) groups is 1. The first-order chi connectivity index (χ1) is 14.5. The molecule has 1 aromatic heterocycles. The zero-order valence-electron chi connectivity index (χ0n) is 16.6. The van der Waals surface area contributed by atoms with Gasteiger partial charge in [0.05, 0.1) is 7.11 Å². The highest BCUT2D eigenvalue weighted by molar-refractivity contribution is 5.76. The Hall–Kier alpha value is -3.35. The summed E-state index contributed by atoms with van der Waals surface area (Å²) >= 11 is 0. The molecule has 0 saturated heterocycles. The van der Waals surface area contributed by atoms with Crippen LogP contribution >= 0.6 is 0 Å². The van der Waals surface area contributed by atoms with Crippen LogP contribution in [0.4, 0.5) is 8.78 Å². The predicted molar refractivity (Wildman–Crippen MR) is 109 cm³/mol. The highest BCUT2D eigenvalue weighted by Gasteiger charge is 2.08. The van der Waals surface area contributed by atoms with Crippen molar-refractivity contribution >= 4 is 5.91 Å². The Morgan fingerprint density at radius 2 is 1.67 bits per heavy atom. The van der Waals surface area contributed by atoms with E-state index in [0.29, 0.717) is 25.8 Å². The lowest BCUT2D eigenvalue weighted by Crippen LogP contribution is -2.25. The van der Waals surface area contributed by atoms with Crippen molar-refractivity contribution in [2.75, 3.05) is 13.7 Å². The average Bonchev–Trinajstić information content (AvgIpc) is 3.22. The molecule has 1 heterocycles. The summed E-state index contributed by atoms with van der Waals surface area (Å²) in [5, 5.41) is 2.85. The first-order valence-corrected chi connectivity index (χ1v) is 9.57. The molecule has 0 unspecified atom stereocenters. The second kappa shape index (κ2) is 10.4. The maximum atomic E-state index is 12.1. The van der Waals surface area contributed by atoms with Gasteiger partial charge in [0, 0.05) is 24.9 Å². The van der Waals surface area contributed by atoms with Crippen LogP contribution in [0.2, 0.25) is 0 Å². The Morgan fingerprint density at radius 1 is 0.967 bits per heavy atom. The van der Waals surface area contributed by atoms with Crippen molar-refractivity contribution in [1.82, 2.24) is 5.32 Å². The number of amides is 1. The molecule has 3 rings (SSSR count). The van der Waals surface area contributed by atoms with Gasteiger partial charge >= 0.3 is 6.61 Å². The molecule has 0 radical (unpaired) electrons. The van der Waals surface area contributed by atoms with Crippen molar-refractivity contribution in [3.8, 4) is 22.8 Å². The number of carbonyl (C=O) groups excluding carboxylic acids is 1. The quantitative estimate of drug-likeness (QED) is 0.514. The van der Waals surface area contributed by atoms with Crippen LogP contribution < -0.4 is 14.8 Å². The van der Waals surface area contributed by atoms with E-state index in [1.165, 1.54) is 12.1 Å². The molecule has 0 aliphatic rings. The van der Waals surface area contributed by atoms with E-state index in [9.17, 15) is 13.6 Å². The molecule has 7 heteroatoms. The normalized spacial score (nSPS) is 10.8. The minimum atomic E-state index is -2.84. The van der Waals surface area contributed by atoms with Crippen LogP contribution in [0.5, 0.6) is 11.5 Å². The number of alkyl halides is 2. The van der Waals surface area contributed by atoms with Crippen molar-refractivity contribution in [3.63, 3.8) is 0 Å². The van der Waals surface area contributed by atoms with E-state index in [1.54, 1.807) is 19.2 Å². The number of ether oxygens (including phenoxy) is 2. The van der Waals surface area contributed by atoms with E-state index in [1.807, 2.05) is 36.4 Å². The van der Waals surface area contributed by atoms with E-state index in [-0.39, 0.29) is 11.7 Å². The second-order valence-electron chi connectivity index (χ2n) is 6.62. The summed E-state index contributed by atoms with van der Waals surface area (Å²) in [6, 6.07) is 17.7. The highest BCUT2D eigenvalue weighted by atomic mass is 19.3. The fraction of sp³-hybridized carbons (Fsp3) is 0.261. The van der Waals surface area contributed by atoms with Crippen LogP contribution in [0.1, 0.15) is 17.7 Å². The van der Waals surface area contributed by atoms with Crippen LogP contribution in [-0.4, -0.2) is 26.2 Å². The molecule has 0 aliphatic carbocycles. The minimum Gasteiger partial charge on any atom is -0.497 e.